The van der Waals surface area contributed by atoms with Crippen LogP contribution in [0.5, 0.6) is 0 Å². The molecule has 1 amide bonds. The fraction of sp³-hybridized carbons (Fsp3) is 0.450. The highest BCUT2D eigenvalue weighted by atomic mass is 19.1. The summed E-state index contributed by atoms with van der Waals surface area (Å²) in [6.07, 6.45) is 2.81. The van der Waals surface area contributed by atoms with Crippen molar-refractivity contribution < 1.29 is 22.7 Å². The molecule has 1 aliphatic heterocycles. The van der Waals surface area contributed by atoms with Crippen LogP contribution in [0.25, 0.3) is 0 Å². The number of methoxy groups -OCH3 is 1. The van der Waals surface area contributed by atoms with Crippen LogP contribution >= 0.6 is 0 Å². The molecule has 0 spiro atoms. The molecule has 1 aliphatic rings. The molecular formula is C20H23F2NO3. The molecule has 1 unspecified atom stereocenters. The molecule has 1 aromatic heterocycles. The molecule has 26 heavy (non-hydrogen) atoms. The van der Waals surface area contributed by atoms with Gasteiger partial charge in [0.25, 0.3) is 5.91 Å². The topological polar surface area (TPSA) is 42.7 Å². The number of amides is 1. The summed E-state index contributed by atoms with van der Waals surface area (Å²) in [5.74, 6) is -0.0171. The Morgan fingerprint density at radius 2 is 2.04 bits per heavy atom. The normalized spacial score (nSPS) is 17.5. The largest absolute Gasteiger partial charge is 0.453 e. The molecule has 0 aliphatic carbocycles. The highest BCUT2D eigenvalue weighted by Gasteiger charge is 2.26. The van der Waals surface area contributed by atoms with Crippen molar-refractivity contribution in [3.63, 3.8) is 0 Å². The summed E-state index contributed by atoms with van der Waals surface area (Å²) in [6, 6.07) is 7.33. The molecule has 0 N–H and O–H groups in total. The van der Waals surface area contributed by atoms with Crippen molar-refractivity contribution in [2.24, 2.45) is 5.92 Å². The van der Waals surface area contributed by atoms with E-state index in [2.05, 4.69) is 0 Å². The van der Waals surface area contributed by atoms with Gasteiger partial charge in [0, 0.05) is 25.8 Å². The molecule has 1 saturated heterocycles. The number of carbonyl (C=O) groups excluding carboxylic acids is 1. The summed E-state index contributed by atoms with van der Waals surface area (Å²) in [4.78, 5) is 14.4. The molecule has 2 heterocycles. The number of rotatable bonds is 6. The zero-order valence-corrected chi connectivity index (χ0v) is 14.8. The molecule has 1 aromatic carbocycles. The molecule has 140 valence electrons. The lowest BCUT2D eigenvalue weighted by Crippen LogP contribution is -2.40. The number of benzene rings is 1. The molecule has 3 rings (SSSR count). The Balaban J connectivity index is 1.59. The van der Waals surface area contributed by atoms with E-state index < -0.39 is 11.6 Å². The summed E-state index contributed by atoms with van der Waals surface area (Å²) in [6.45, 7) is 1.57. The maximum Gasteiger partial charge on any atom is 0.289 e. The third-order valence-electron chi connectivity index (χ3n) is 4.83. The van der Waals surface area contributed by atoms with E-state index in [4.69, 9.17) is 9.15 Å². The van der Waals surface area contributed by atoms with Crippen molar-refractivity contribution in [1.82, 2.24) is 4.90 Å². The van der Waals surface area contributed by atoms with E-state index in [0.29, 0.717) is 44.1 Å². The van der Waals surface area contributed by atoms with Crippen LogP contribution in [0.3, 0.4) is 0 Å². The van der Waals surface area contributed by atoms with Gasteiger partial charge in [-0.05, 0) is 55.9 Å². The van der Waals surface area contributed by atoms with E-state index in [9.17, 15) is 13.6 Å². The van der Waals surface area contributed by atoms with Crippen molar-refractivity contribution >= 4 is 5.91 Å². The predicted molar refractivity (Wildman–Crippen MR) is 92.7 cm³/mol. The maximum atomic E-state index is 13.8. The van der Waals surface area contributed by atoms with Gasteiger partial charge in [0.1, 0.15) is 24.0 Å². The van der Waals surface area contributed by atoms with E-state index in [-0.39, 0.29) is 17.4 Å². The SMILES string of the molecule is COCc1ccc(C(=O)N2CCCC(CCc3c(F)cccc3F)C2)o1. The number of nitrogens with zero attached hydrogens (tertiary/aromatic N) is 1. The minimum atomic E-state index is -0.505. The molecule has 0 bridgehead atoms. The first kappa shape index (κ1) is 18.6. The van der Waals surface area contributed by atoms with Gasteiger partial charge in [0.2, 0.25) is 0 Å². The van der Waals surface area contributed by atoms with Crippen LogP contribution in [0.4, 0.5) is 8.78 Å². The number of furan rings is 1. The molecule has 6 heteroatoms. The second-order valence-electron chi connectivity index (χ2n) is 6.70. The highest BCUT2D eigenvalue weighted by molar-refractivity contribution is 5.91. The molecule has 2 aromatic rings. The Hall–Kier alpha value is -2.21. The fourth-order valence-electron chi connectivity index (χ4n) is 3.47. The Morgan fingerprint density at radius 3 is 2.77 bits per heavy atom. The first-order chi connectivity index (χ1) is 12.6. The lowest BCUT2D eigenvalue weighted by molar-refractivity contribution is 0.0629. The van der Waals surface area contributed by atoms with Crippen molar-refractivity contribution in [1.29, 1.82) is 0 Å². The quantitative estimate of drug-likeness (QED) is 0.773. The Morgan fingerprint density at radius 1 is 1.27 bits per heavy atom. The van der Waals surface area contributed by atoms with Gasteiger partial charge in [-0.15, -0.1) is 0 Å². The van der Waals surface area contributed by atoms with Gasteiger partial charge in [-0.1, -0.05) is 6.07 Å². The number of piperidine rings is 1. The zero-order valence-electron chi connectivity index (χ0n) is 14.8. The van der Waals surface area contributed by atoms with E-state index >= 15 is 0 Å². The van der Waals surface area contributed by atoms with Crippen LogP contribution < -0.4 is 0 Å². The van der Waals surface area contributed by atoms with E-state index in [0.717, 1.165) is 12.8 Å². The number of likely N-dealkylation sites (tertiary alicyclic amines) is 1. The minimum absolute atomic E-state index is 0.131. The average molecular weight is 363 g/mol. The van der Waals surface area contributed by atoms with Crippen LogP contribution in [-0.4, -0.2) is 31.0 Å². The van der Waals surface area contributed by atoms with Gasteiger partial charge in [-0.2, -0.15) is 0 Å². The Bertz CT molecular complexity index is 739. The molecule has 0 saturated carbocycles. The minimum Gasteiger partial charge on any atom is -0.453 e. The summed E-state index contributed by atoms with van der Waals surface area (Å²) < 4.78 is 38.1. The van der Waals surface area contributed by atoms with Crippen LogP contribution in [0.2, 0.25) is 0 Å². The molecular weight excluding hydrogens is 340 g/mol. The lowest BCUT2D eigenvalue weighted by atomic mass is 9.91. The third kappa shape index (κ3) is 4.30. The molecule has 4 nitrogen and oxygen atoms in total. The summed E-state index contributed by atoms with van der Waals surface area (Å²) in [7, 11) is 1.57. The van der Waals surface area contributed by atoms with Crippen molar-refractivity contribution in [2.75, 3.05) is 20.2 Å². The zero-order chi connectivity index (χ0) is 18.5. The monoisotopic (exact) mass is 363 g/mol. The standard InChI is InChI=1S/C20H23F2NO3/c1-25-13-15-8-10-19(26-15)20(24)23-11-3-4-14(12-23)7-9-16-17(21)5-2-6-18(16)22/h2,5-6,8,10,14H,3-4,7,9,11-13H2,1H3. The third-order valence-corrected chi connectivity index (χ3v) is 4.83. The first-order valence-electron chi connectivity index (χ1n) is 8.88. The van der Waals surface area contributed by atoms with Crippen LogP contribution in [0.15, 0.2) is 34.7 Å². The van der Waals surface area contributed by atoms with E-state index in [1.54, 1.807) is 24.1 Å². The fourth-order valence-corrected chi connectivity index (χ4v) is 3.47. The molecule has 0 radical (unpaired) electrons. The smallest absolute Gasteiger partial charge is 0.289 e. The van der Waals surface area contributed by atoms with E-state index in [1.807, 2.05) is 0 Å². The number of ether oxygens (including phenoxy) is 1. The average Bonchev–Trinajstić information content (AvgIpc) is 3.10. The molecule has 1 fully saturated rings. The second-order valence-corrected chi connectivity index (χ2v) is 6.70. The molecule has 1 atom stereocenters. The Labute approximate surface area is 151 Å². The number of hydrogen-bond donors (Lipinski definition) is 0. The second kappa shape index (κ2) is 8.45. The van der Waals surface area contributed by atoms with Crippen molar-refractivity contribution in [3.05, 3.63) is 59.1 Å². The maximum absolute atomic E-state index is 13.8. The van der Waals surface area contributed by atoms with Crippen LogP contribution in [-0.2, 0) is 17.8 Å². The number of carbonyl (C=O) groups is 1. The summed E-state index contributed by atoms with van der Waals surface area (Å²) in [5, 5.41) is 0. The van der Waals surface area contributed by atoms with Crippen molar-refractivity contribution in [2.45, 2.75) is 32.3 Å². The van der Waals surface area contributed by atoms with Gasteiger partial charge in [-0.25, -0.2) is 8.78 Å². The van der Waals surface area contributed by atoms with Gasteiger partial charge < -0.3 is 14.1 Å². The lowest BCUT2D eigenvalue weighted by Gasteiger charge is -2.32. The number of halogens is 2. The summed E-state index contributed by atoms with van der Waals surface area (Å²) >= 11 is 0. The summed E-state index contributed by atoms with van der Waals surface area (Å²) in [5.41, 5.74) is 0.131. The van der Waals surface area contributed by atoms with Gasteiger partial charge >= 0.3 is 0 Å². The predicted octanol–water partition coefficient (Wildman–Crippen LogP) is 4.19. The van der Waals surface area contributed by atoms with Crippen LogP contribution in [0, 0.1) is 17.6 Å². The van der Waals surface area contributed by atoms with Crippen LogP contribution in [0.1, 0.15) is 41.1 Å². The van der Waals surface area contributed by atoms with Crippen molar-refractivity contribution in [3.8, 4) is 0 Å². The van der Waals surface area contributed by atoms with Gasteiger partial charge in [0.15, 0.2) is 5.76 Å². The van der Waals surface area contributed by atoms with E-state index in [1.165, 1.54) is 18.2 Å². The first-order valence-corrected chi connectivity index (χ1v) is 8.88. The highest BCUT2D eigenvalue weighted by Crippen LogP contribution is 2.25. The number of hydrogen-bond acceptors (Lipinski definition) is 3. The van der Waals surface area contributed by atoms with Gasteiger partial charge in [0.05, 0.1) is 0 Å². The Kier molecular flexibility index (Phi) is 6.04. The van der Waals surface area contributed by atoms with Gasteiger partial charge in [-0.3, -0.25) is 4.79 Å².